The van der Waals surface area contributed by atoms with E-state index in [4.69, 9.17) is 14.6 Å². The standard InChI is InChI=1S/C15H19NO5/c1-3-9-20-15(19)16-12(4-2)10-21-13-7-5-11(6-8-13)14(17)18/h3,5-8,12H,1,4,9-10H2,2H3,(H,16,19)(H,17,18). The Labute approximate surface area is 123 Å². The van der Waals surface area contributed by atoms with Crippen molar-refractivity contribution in [3.8, 4) is 5.75 Å². The Morgan fingerprint density at radius 3 is 2.57 bits per heavy atom. The summed E-state index contributed by atoms with van der Waals surface area (Å²) in [5.41, 5.74) is 0.195. The highest BCUT2D eigenvalue weighted by Gasteiger charge is 2.12. The van der Waals surface area contributed by atoms with Crippen LogP contribution in [0.25, 0.3) is 0 Å². The van der Waals surface area contributed by atoms with Crippen LogP contribution in [0.5, 0.6) is 5.75 Å². The lowest BCUT2D eigenvalue weighted by atomic mass is 10.2. The summed E-state index contributed by atoms with van der Waals surface area (Å²) in [5.74, 6) is -0.445. The second kappa shape index (κ2) is 8.63. The van der Waals surface area contributed by atoms with Crippen LogP contribution in [0.2, 0.25) is 0 Å². The van der Waals surface area contributed by atoms with Gasteiger partial charge in [0.1, 0.15) is 19.0 Å². The third-order valence-corrected chi connectivity index (χ3v) is 2.70. The third kappa shape index (κ3) is 5.99. The zero-order valence-electron chi connectivity index (χ0n) is 11.9. The van der Waals surface area contributed by atoms with E-state index >= 15 is 0 Å². The van der Waals surface area contributed by atoms with E-state index in [1.54, 1.807) is 12.1 Å². The number of amides is 1. The van der Waals surface area contributed by atoms with Crippen molar-refractivity contribution < 1.29 is 24.2 Å². The molecule has 6 heteroatoms. The molecule has 0 spiro atoms. The minimum absolute atomic E-state index is 0.153. The van der Waals surface area contributed by atoms with Crippen LogP contribution in [0.1, 0.15) is 23.7 Å². The number of carbonyl (C=O) groups excluding carboxylic acids is 1. The topological polar surface area (TPSA) is 84.9 Å². The molecule has 114 valence electrons. The van der Waals surface area contributed by atoms with Crippen molar-refractivity contribution in [3.63, 3.8) is 0 Å². The van der Waals surface area contributed by atoms with Crippen LogP contribution in [0.15, 0.2) is 36.9 Å². The molecule has 0 aromatic heterocycles. The number of carboxylic acids is 1. The van der Waals surface area contributed by atoms with Gasteiger partial charge in [-0.1, -0.05) is 19.6 Å². The fraction of sp³-hybridized carbons (Fsp3) is 0.333. The summed E-state index contributed by atoms with van der Waals surface area (Å²) in [7, 11) is 0. The van der Waals surface area contributed by atoms with E-state index in [2.05, 4.69) is 11.9 Å². The van der Waals surface area contributed by atoms with Crippen LogP contribution in [-0.2, 0) is 4.74 Å². The van der Waals surface area contributed by atoms with Crippen molar-refractivity contribution in [3.05, 3.63) is 42.5 Å². The van der Waals surface area contributed by atoms with Crippen molar-refractivity contribution in [2.24, 2.45) is 0 Å². The number of hydrogen-bond acceptors (Lipinski definition) is 4. The molecule has 6 nitrogen and oxygen atoms in total. The average molecular weight is 293 g/mol. The van der Waals surface area contributed by atoms with Crippen LogP contribution in [-0.4, -0.2) is 36.4 Å². The Balaban J connectivity index is 2.45. The van der Waals surface area contributed by atoms with Gasteiger partial charge >= 0.3 is 12.1 Å². The molecule has 1 atom stereocenters. The molecule has 1 rings (SSSR count). The fourth-order valence-corrected chi connectivity index (χ4v) is 1.50. The third-order valence-electron chi connectivity index (χ3n) is 2.70. The van der Waals surface area contributed by atoms with Gasteiger partial charge in [-0.05, 0) is 30.7 Å². The fourth-order valence-electron chi connectivity index (χ4n) is 1.50. The van der Waals surface area contributed by atoms with E-state index in [0.29, 0.717) is 12.2 Å². The molecule has 1 unspecified atom stereocenters. The van der Waals surface area contributed by atoms with E-state index in [1.807, 2.05) is 6.92 Å². The number of ether oxygens (including phenoxy) is 2. The number of rotatable bonds is 8. The first-order valence-electron chi connectivity index (χ1n) is 6.57. The van der Waals surface area contributed by atoms with Crippen LogP contribution < -0.4 is 10.1 Å². The Kier molecular flexibility index (Phi) is 6.80. The monoisotopic (exact) mass is 293 g/mol. The minimum Gasteiger partial charge on any atom is -0.491 e. The molecule has 1 aromatic carbocycles. The first-order valence-corrected chi connectivity index (χ1v) is 6.57. The van der Waals surface area contributed by atoms with Gasteiger partial charge in [0, 0.05) is 0 Å². The number of carbonyl (C=O) groups is 2. The highest BCUT2D eigenvalue weighted by Crippen LogP contribution is 2.12. The summed E-state index contributed by atoms with van der Waals surface area (Å²) >= 11 is 0. The van der Waals surface area contributed by atoms with Gasteiger partial charge in [-0.25, -0.2) is 9.59 Å². The van der Waals surface area contributed by atoms with Crippen molar-refractivity contribution in [2.75, 3.05) is 13.2 Å². The number of nitrogens with one attached hydrogen (secondary N) is 1. The van der Waals surface area contributed by atoms with Gasteiger partial charge < -0.3 is 19.9 Å². The van der Waals surface area contributed by atoms with Crippen LogP contribution in [0, 0.1) is 0 Å². The van der Waals surface area contributed by atoms with Gasteiger partial charge in [-0.15, -0.1) is 0 Å². The van der Waals surface area contributed by atoms with Crippen molar-refractivity contribution in [2.45, 2.75) is 19.4 Å². The average Bonchev–Trinajstić information content (AvgIpc) is 2.49. The predicted octanol–water partition coefficient (Wildman–Crippen LogP) is 2.45. The highest BCUT2D eigenvalue weighted by molar-refractivity contribution is 5.87. The second-order valence-electron chi connectivity index (χ2n) is 4.28. The van der Waals surface area contributed by atoms with E-state index in [9.17, 15) is 9.59 Å². The number of hydrogen-bond donors (Lipinski definition) is 2. The first-order chi connectivity index (χ1) is 10.1. The first kappa shape index (κ1) is 16.6. The molecule has 0 radical (unpaired) electrons. The van der Waals surface area contributed by atoms with Crippen molar-refractivity contribution >= 4 is 12.1 Å². The summed E-state index contributed by atoms with van der Waals surface area (Å²) in [6.45, 7) is 5.79. The Morgan fingerprint density at radius 1 is 1.38 bits per heavy atom. The largest absolute Gasteiger partial charge is 0.491 e. The van der Waals surface area contributed by atoms with E-state index in [0.717, 1.165) is 0 Å². The molecule has 0 aliphatic heterocycles. The van der Waals surface area contributed by atoms with Crippen LogP contribution in [0.4, 0.5) is 4.79 Å². The van der Waals surface area contributed by atoms with Gasteiger partial charge in [-0.2, -0.15) is 0 Å². The summed E-state index contributed by atoms with van der Waals surface area (Å²) in [6.07, 6.45) is 1.64. The molecule has 0 bridgehead atoms. The van der Waals surface area contributed by atoms with E-state index in [-0.39, 0.29) is 24.8 Å². The zero-order valence-corrected chi connectivity index (χ0v) is 11.9. The maximum Gasteiger partial charge on any atom is 0.407 e. The number of benzene rings is 1. The van der Waals surface area contributed by atoms with E-state index in [1.165, 1.54) is 18.2 Å². The maximum atomic E-state index is 11.4. The molecule has 0 aliphatic carbocycles. The van der Waals surface area contributed by atoms with Crippen LogP contribution in [0.3, 0.4) is 0 Å². The summed E-state index contributed by atoms with van der Waals surface area (Å²) in [5, 5.41) is 11.5. The zero-order chi connectivity index (χ0) is 15.7. The van der Waals surface area contributed by atoms with Crippen LogP contribution >= 0.6 is 0 Å². The lowest BCUT2D eigenvalue weighted by Crippen LogP contribution is -2.39. The molecule has 21 heavy (non-hydrogen) atoms. The van der Waals surface area contributed by atoms with Gasteiger partial charge in [0.2, 0.25) is 0 Å². The quantitative estimate of drug-likeness (QED) is 0.719. The van der Waals surface area contributed by atoms with Crippen molar-refractivity contribution in [1.82, 2.24) is 5.32 Å². The normalized spacial score (nSPS) is 11.3. The Morgan fingerprint density at radius 2 is 2.05 bits per heavy atom. The smallest absolute Gasteiger partial charge is 0.407 e. The maximum absolute atomic E-state index is 11.4. The number of alkyl carbamates (subject to hydrolysis) is 1. The van der Waals surface area contributed by atoms with Gasteiger partial charge in [0.25, 0.3) is 0 Å². The minimum atomic E-state index is -0.986. The lowest BCUT2D eigenvalue weighted by molar-refractivity contribution is 0.0696. The number of aromatic carboxylic acids is 1. The molecule has 0 saturated heterocycles. The number of carboxylic acid groups (broad SMARTS) is 1. The lowest BCUT2D eigenvalue weighted by Gasteiger charge is -2.17. The Hall–Kier alpha value is -2.50. The predicted molar refractivity (Wildman–Crippen MR) is 77.7 cm³/mol. The van der Waals surface area contributed by atoms with Gasteiger partial charge in [0.05, 0.1) is 11.6 Å². The molecule has 0 heterocycles. The highest BCUT2D eigenvalue weighted by atomic mass is 16.5. The molecule has 0 aliphatic rings. The molecule has 2 N–H and O–H groups in total. The van der Waals surface area contributed by atoms with E-state index < -0.39 is 12.1 Å². The molecule has 0 fully saturated rings. The second-order valence-corrected chi connectivity index (χ2v) is 4.28. The van der Waals surface area contributed by atoms with Gasteiger partial charge in [-0.3, -0.25) is 0 Å². The SMILES string of the molecule is C=CCOC(=O)NC(CC)COc1ccc(C(=O)O)cc1. The molecule has 1 amide bonds. The summed E-state index contributed by atoms with van der Waals surface area (Å²) in [6, 6.07) is 5.88. The molecular weight excluding hydrogens is 274 g/mol. The molecular formula is C15H19NO5. The summed E-state index contributed by atoms with van der Waals surface area (Å²) in [4.78, 5) is 22.1. The Bertz CT molecular complexity index is 483. The van der Waals surface area contributed by atoms with Crippen molar-refractivity contribution in [1.29, 1.82) is 0 Å². The van der Waals surface area contributed by atoms with Gasteiger partial charge in [0.15, 0.2) is 0 Å². The summed E-state index contributed by atoms with van der Waals surface area (Å²) < 4.78 is 10.3. The molecule has 0 saturated carbocycles. The molecule has 1 aromatic rings.